The number of fused-ring (bicyclic) bond motifs is 1. The molecule has 0 aliphatic carbocycles. The smallest absolute Gasteiger partial charge is 0.191 e. The highest BCUT2D eigenvalue weighted by Gasteiger charge is 2.11. The van der Waals surface area contributed by atoms with Crippen molar-refractivity contribution in [2.24, 2.45) is 4.99 Å². The Hall–Kier alpha value is -2.00. The Balaban J connectivity index is 0.00000300. The monoisotopic (exact) mass is 511 g/mol. The van der Waals surface area contributed by atoms with Crippen LogP contribution in [0.3, 0.4) is 0 Å². The van der Waals surface area contributed by atoms with Crippen LogP contribution in [-0.4, -0.2) is 46.5 Å². The molecular formula is C22H30IN3O3. The van der Waals surface area contributed by atoms with Gasteiger partial charge >= 0.3 is 0 Å². The molecule has 2 N–H and O–H groups in total. The number of benzene rings is 2. The molecule has 0 unspecified atom stereocenters. The van der Waals surface area contributed by atoms with Gasteiger partial charge in [0.15, 0.2) is 5.96 Å². The molecule has 0 radical (unpaired) electrons. The van der Waals surface area contributed by atoms with Gasteiger partial charge in [0.1, 0.15) is 18.1 Å². The van der Waals surface area contributed by atoms with Crippen molar-refractivity contribution in [2.45, 2.75) is 19.4 Å². The number of methoxy groups -OCH3 is 1. The summed E-state index contributed by atoms with van der Waals surface area (Å²) < 4.78 is 16.1. The lowest BCUT2D eigenvalue weighted by atomic mass is 10.1. The van der Waals surface area contributed by atoms with Gasteiger partial charge in [-0.05, 0) is 41.3 Å². The minimum atomic E-state index is 0. The third kappa shape index (κ3) is 7.40. The van der Waals surface area contributed by atoms with Gasteiger partial charge in [-0.15, -0.1) is 24.0 Å². The third-order valence-corrected chi connectivity index (χ3v) is 4.62. The van der Waals surface area contributed by atoms with Crippen LogP contribution in [0, 0.1) is 0 Å². The molecule has 0 atom stereocenters. The second-order valence-electron chi connectivity index (χ2n) is 6.63. The van der Waals surface area contributed by atoms with E-state index >= 15 is 0 Å². The van der Waals surface area contributed by atoms with E-state index in [1.807, 2.05) is 12.1 Å². The molecule has 6 nitrogen and oxygen atoms in total. The molecule has 29 heavy (non-hydrogen) atoms. The minimum Gasteiger partial charge on any atom is -0.493 e. The summed E-state index contributed by atoms with van der Waals surface area (Å²) in [5.41, 5.74) is 3.80. The Bertz CT molecular complexity index is 781. The maximum atomic E-state index is 5.58. The van der Waals surface area contributed by atoms with Gasteiger partial charge in [-0.1, -0.05) is 24.3 Å². The van der Waals surface area contributed by atoms with Crippen LogP contribution in [-0.2, 0) is 24.1 Å². The quantitative estimate of drug-likeness (QED) is 0.235. The van der Waals surface area contributed by atoms with E-state index < -0.39 is 0 Å². The van der Waals surface area contributed by atoms with Gasteiger partial charge in [0.05, 0.1) is 13.2 Å². The predicted octanol–water partition coefficient (Wildman–Crippen LogP) is 3.17. The molecule has 1 aliphatic rings. The largest absolute Gasteiger partial charge is 0.493 e. The van der Waals surface area contributed by atoms with Crippen molar-refractivity contribution >= 4 is 29.9 Å². The van der Waals surface area contributed by atoms with Gasteiger partial charge in [-0.2, -0.15) is 0 Å². The van der Waals surface area contributed by atoms with Crippen LogP contribution >= 0.6 is 24.0 Å². The summed E-state index contributed by atoms with van der Waals surface area (Å²) in [7, 11) is 3.45. The zero-order chi connectivity index (χ0) is 19.6. The number of guanidine groups is 1. The highest BCUT2D eigenvalue weighted by molar-refractivity contribution is 14.0. The molecule has 0 spiro atoms. The molecule has 0 saturated heterocycles. The summed E-state index contributed by atoms with van der Waals surface area (Å²) in [6.07, 6.45) is 1.96. The van der Waals surface area contributed by atoms with E-state index in [-0.39, 0.29) is 24.0 Å². The fourth-order valence-electron chi connectivity index (χ4n) is 3.07. The molecular weight excluding hydrogens is 481 g/mol. The Kier molecular flexibility index (Phi) is 10.1. The van der Waals surface area contributed by atoms with Gasteiger partial charge in [-0.25, -0.2) is 0 Å². The van der Waals surface area contributed by atoms with Gasteiger partial charge in [0.25, 0.3) is 0 Å². The molecule has 0 bridgehead atoms. The molecule has 0 saturated carbocycles. The summed E-state index contributed by atoms with van der Waals surface area (Å²) in [4.78, 5) is 4.30. The zero-order valence-electron chi connectivity index (χ0n) is 17.1. The average molecular weight is 511 g/mol. The number of nitrogens with zero attached hydrogens (tertiary/aromatic N) is 1. The second-order valence-corrected chi connectivity index (χ2v) is 6.63. The lowest BCUT2D eigenvalue weighted by Crippen LogP contribution is -2.37. The first-order valence-corrected chi connectivity index (χ1v) is 9.68. The van der Waals surface area contributed by atoms with Crippen LogP contribution in [0.2, 0.25) is 0 Å². The van der Waals surface area contributed by atoms with Crippen molar-refractivity contribution in [2.75, 3.05) is 40.5 Å². The zero-order valence-corrected chi connectivity index (χ0v) is 19.4. The standard InChI is InChI=1S/C22H29N3O3.HI/c1-23-22(24-11-9-17-5-8-21-19(15-17)10-12-28-21)25-16-18-3-6-20(7-4-18)27-14-13-26-2;/h3-8,15H,9-14,16H2,1-2H3,(H2,23,24,25);1H. The number of ether oxygens (including phenoxy) is 3. The van der Waals surface area contributed by atoms with Crippen LogP contribution < -0.4 is 20.1 Å². The maximum absolute atomic E-state index is 5.58. The molecule has 2 aromatic rings. The predicted molar refractivity (Wildman–Crippen MR) is 127 cm³/mol. The molecule has 0 fully saturated rings. The van der Waals surface area contributed by atoms with E-state index in [0.717, 1.165) is 43.5 Å². The van der Waals surface area contributed by atoms with E-state index in [9.17, 15) is 0 Å². The lowest BCUT2D eigenvalue weighted by molar-refractivity contribution is 0.146. The molecule has 7 heteroatoms. The number of rotatable bonds is 9. The minimum absolute atomic E-state index is 0. The highest BCUT2D eigenvalue weighted by Crippen LogP contribution is 2.25. The second kappa shape index (κ2) is 12.5. The summed E-state index contributed by atoms with van der Waals surface area (Å²) in [5.74, 6) is 2.68. The topological polar surface area (TPSA) is 64.1 Å². The Labute approximate surface area is 190 Å². The summed E-state index contributed by atoms with van der Waals surface area (Å²) in [5, 5.41) is 6.71. The summed E-state index contributed by atoms with van der Waals surface area (Å²) in [6.45, 7) is 3.47. The van der Waals surface area contributed by atoms with Crippen LogP contribution in [0.25, 0.3) is 0 Å². The number of aliphatic imine (C=N–C) groups is 1. The van der Waals surface area contributed by atoms with Crippen LogP contribution in [0.1, 0.15) is 16.7 Å². The molecule has 1 heterocycles. The molecule has 3 rings (SSSR count). The van der Waals surface area contributed by atoms with E-state index in [2.05, 4.69) is 46.0 Å². The van der Waals surface area contributed by atoms with E-state index in [4.69, 9.17) is 14.2 Å². The van der Waals surface area contributed by atoms with E-state index in [1.165, 1.54) is 16.7 Å². The van der Waals surface area contributed by atoms with Crippen LogP contribution in [0.5, 0.6) is 11.5 Å². The number of hydrogen-bond acceptors (Lipinski definition) is 4. The van der Waals surface area contributed by atoms with Crippen molar-refractivity contribution in [3.63, 3.8) is 0 Å². The summed E-state index contributed by atoms with van der Waals surface area (Å²) >= 11 is 0. The van der Waals surface area contributed by atoms with Gasteiger partial charge < -0.3 is 24.8 Å². The number of nitrogens with one attached hydrogen (secondary N) is 2. The molecule has 0 amide bonds. The molecule has 0 aromatic heterocycles. The summed E-state index contributed by atoms with van der Waals surface area (Å²) in [6, 6.07) is 14.5. The molecule has 1 aliphatic heterocycles. The average Bonchev–Trinajstić information content (AvgIpc) is 3.19. The van der Waals surface area contributed by atoms with Crippen molar-refractivity contribution in [3.05, 3.63) is 59.2 Å². The lowest BCUT2D eigenvalue weighted by Gasteiger charge is -2.13. The van der Waals surface area contributed by atoms with Crippen molar-refractivity contribution in [1.82, 2.24) is 10.6 Å². The first kappa shape index (κ1) is 23.3. The van der Waals surface area contributed by atoms with Crippen LogP contribution in [0.4, 0.5) is 0 Å². The Morgan fingerprint density at radius 3 is 2.62 bits per heavy atom. The molecule has 158 valence electrons. The van der Waals surface area contributed by atoms with Crippen molar-refractivity contribution < 1.29 is 14.2 Å². The van der Waals surface area contributed by atoms with Crippen molar-refractivity contribution in [3.8, 4) is 11.5 Å². The maximum Gasteiger partial charge on any atom is 0.191 e. The van der Waals surface area contributed by atoms with Gasteiger partial charge in [0, 0.05) is 33.7 Å². The van der Waals surface area contributed by atoms with Crippen LogP contribution in [0.15, 0.2) is 47.5 Å². The fourth-order valence-corrected chi connectivity index (χ4v) is 3.07. The normalized spacial score (nSPS) is 12.6. The highest BCUT2D eigenvalue weighted by atomic mass is 127. The van der Waals surface area contributed by atoms with Gasteiger partial charge in [0.2, 0.25) is 0 Å². The van der Waals surface area contributed by atoms with E-state index in [0.29, 0.717) is 19.8 Å². The SMILES string of the molecule is CN=C(NCCc1ccc2c(c1)CCO2)NCc1ccc(OCCOC)cc1.I. The number of halogens is 1. The van der Waals surface area contributed by atoms with Crippen molar-refractivity contribution in [1.29, 1.82) is 0 Å². The Morgan fingerprint density at radius 1 is 1.07 bits per heavy atom. The first-order chi connectivity index (χ1) is 13.8. The van der Waals surface area contributed by atoms with E-state index in [1.54, 1.807) is 14.2 Å². The first-order valence-electron chi connectivity index (χ1n) is 9.68. The van der Waals surface area contributed by atoms with Gasteiger partial charge in [-0.3, -0.25) is 4.99 Å². The third-order valence-electron chi connectivity index (χ3n) is 4.62. The molecule has 2 aromatic carbocycles. The fraction of sp³-hybridized carbons (Fsp3) is 0.409. The Morgan fingerprint density at radius 2 is 1.86 bits per heavy atom. The number of hydrogen-bond donors (Lipinski definition) is 2.